The standard InChI is InChI=1S/C18H33N3/c1-13(2)21(7)11-9-8-10-19-16(5)18-14(3)12-15(4)20-17(18)6/h12-13,16,19H,8-11H2,1-7H3. The molecule has 1 atom stereocenters. The van der Waals surface area contributed by atoms with Crippen molar-refractivity contribution in [1.82, 2.24) is 15.2 Å². The lowest BCUT2D eigenvalue weighted by Crippen LogP contribution is -2.28. The summed E-state index contributed by atoms with van der Waals surface area (Å²) in [5, 5.41) is 3.64. The highest BCUT2D eigenvalue weighted by Crippen LogP contribution is 2.21. The van der Waals surface area contributed by atoms with E-state index in [9.17, 15) is 0 Å². The van der Waals surface area contributed by atoms with Crippen LogP contribution in [0.15, 0.2) is 6.07 Å². The first-order chi connectivity index (χ1) is 9.82. The number of unbranched alkanes of at least 4 members (excludes halogenated alkanes) is 1. The molecule has 21 heavy (non-hydrogen) atoms. The minimum absolute atomic E-state index is 0.376. The third-order valence-corrected chi connectivity index (χ3v) is 4.29. The molecule has 0 bridgehead atoms. The Morgan fingerprint density at radius 1 is 1.14 bits per heavy atom. The van der Waals surface area contributed by atoms with Crippen LogP contribution in [0.1, 0.15) is 62.2 Å². The minimum Gasteiger partial charge on any atom is -0.310 e. The first-order valence-corrected chi connectivity index (χ1v) is 8.21. The number of hydrogen-bond acceptors (Lipinski definition) is 3. The Hall–Kier alpha value is -0.930. The SMILES string of the molecule is Cc1cc(C)c(C(C)NCCCCN(C)C(C)C)c(C)n1. The van der Waals surface area contributed by atoms with Crippen LogP contribution in [0.25, 0.3) is 0 Å². The second kappa shape index (κ2) is 8.50. The van der Waals surface area contributed by atoms with Gasteiger partial charge in [-0.15, -0.1) is 0 Å². The quantitative estimate of drug-likeness (QED) is 0.739. The molecule has 0 saturated heterocycles. The van der Waals surface area contributed by atoms with Crippen LogP contribution in [0.3, 0.4) is 0 Å². The van der Waals surface area contributed by atoms with E-state index in [1.807, 2.05) is 0 Å². The van der Waals surface area contributed by atoms with Gasteiger partial charge in [-0.3, -0.25) is 4.98 Å². The molecule has 0 fully saturated rings. The van der Waals surface area contributed by atoms with Crippen LogP contribution in [0, 0.1) is 20.8 Å². The number of rotatable bonds is 8. The second-order valence-corrected chi connectivity index (χ2v) is 6.54. The van der Waals surface area contributed by atoms with Crippen molar-refractivity contribution in [2.75, 3.05) is 20.1 Å². The lowest BCUT2D eigenvalue weighted by Gasteiger charge is -2.22. The first-order valence-electron chi connectivity index (χ1n) is 8.21. The normalized spacial score (nSPS) is 13.2. The summed E-state index contributed by atoms with van der Waals surface area (Å²) < 4.78 is 0. The number of nitrogens with one attached hydrogen (secondary N) is 1. The number of aromatic nitrogens is 1. The molecule has 3 nitrogen and oxygen atoms in total. The van der Waals surface area contributed by atoms with Gasteiger partial charge in [0.1, 0.15) is 0 Å². The van der Waals surface area contributed by atoms with Gasteiger partial charge >= 0.3 is 0 Å². The van der Waals surface area contributed by atoms with Crippen LogP contribution in [0.5, 0.6) is 0 Å². The molecule has 0 saturated carbocycles. The Labute approximate surface area is 131 Å². The highest BCUT2D eigenvalue weighted by atomic mass is 15.1. The third-order valence-electron chi connectivity index (χ3n) is 4.29. The molecule has 0 amide bonds. The predicted molar refractivity (Wildman–Crippen MR) is 91.9 cm³/mol. The van der Waals surface area contributed by atoms with Gasteiger partial charge in [-0.05, 0) is 91.7 Å². The summed E-state index contributed by atoms with van der Waals surface area (Å²) >= 11 is 0. The van der Waals surface area contributed by atoms with Crippen LogP contribution in [0.4, 0.5) is 0 Å². The zero-order valence-corrected chi connectivity index (χ0v) is 15.0. The molecule has 3 heteroatoms. The fourth-order valence-corrected chi connectivity index (χ4v) is 2.85. The van der Waals surface area contributed by atoms with Crippen LogP contribution in [-0.4, -0.2) is 36.1 Å². The molecule has 0 radical (unpaired) electrons. The Kier molecular flexibility index (Phi) is 7.33. The molecule has 1 rings (SSSR count). The Morgan fingerprint density at radius 2 is 1.81 bits per heavy atom. The van der Waals surface area contributed by atoms with E-state index >= 15 is 0 Å². The highest BCUT2D eigenvalue weighted by molar-refractivity contribution is 5.33. The van der Waals surface area contributed by atoms with Crippen molar-refractivity contribution in [2.24, 2.45) is 0 Å². The maximum absolute atomic E-state index is 4.60. The summed E-state index contributed by atoms with van der Waals surface area (Å²) in [5.74, 6) is 0. The van der Waals surface area contributed by atoms with Gasteiger partial charge in [0.15, 0.2) is 0 Å². The number of aryl methyl sites for hydroxylation is 3. The van der Waals surface area contributed by atoms with Gasteiger partial charge in [0.05, 0.1) is 0 Å². The lowest BCUT2D eigenvalue weighted by molar-refractivity contribution is 0.267. The van der Waals surface area contributed by atoms with Crippen molar-refractivity contribution in [3.63, 3.8) is 0 Å². The number of hydrogen-bond donors (Lipinski definition) is 1. The highest BCUT2D eigenvalue weighted by Gasteiger charge is 2.12. The summed E-state index contributed by atoms with van der Waals surface area (Å²) in [6.45, 7) is 15.3. The largest absolute Gasteiger partial charge is 0.310 e. The molecule has 0 aliphatic heterocycles. The van der Waals surface area contributed by atoms with Gasteiger partial charge in [0, 0.05) is 23.5 Å². The van der Waals surface area contributed by atoms with Gasteiger partial charge in [-0.1, -0.05) is 0 Å². The maximum atomic E-state index is 4.60. The molecule has 1 N–H and O–H groups in total. The monoisotopic (exact) mass is 291 g/mol. The topological polar surface area (TPSA) is 28.2 Å². The average molecular weight is 291 g/mol. The molecule has 0 aliphatic rings. The zero-order valence-electron chi connectivity index (χ0n) is 15.0. The second-order valence-electron chi connectivity index (χ2n) is 6.54. The van der Waals surface area contributed by atoms with E-state index in [0.717, 1.165) is 17.9 Å². The first kappa shape index (κ1) is 18.1. The molecular formula is C18H33N3. The Bertz CT molecular complexity index is 417. The fourth-order valence-electron chi connectivity index (χ4n) is 2.85. The van der Waals surface area contributed by atoms with Crippen LogP contribution in [-0.2, 0) is 0 Å². The van der Waals surface area contributed by atoms with E-state index in [1.165, 1.54) is 30.5 Å². The van der Waals surface area contributed by atoms with Crippen molar-refractivity contribution in [3.05, 3.63) is 28.6 Å². The number of pyridine rings is 1. The van der Waals surface area contributed by atoms with Crippen LogP contribution in [0.2, 0.25) is 0 Å². The molecule has 0 spiro atoms. The molecule has 1 aromatic heterocycles. The molecule has 0 aromatic carbocycles. The van der Waals surface area contributed by atoms with Gasteiger partial charge in [-0.25, -0.2) is 0 Å². The third kappa shape index (κ3) is 5.76. The van der Waals surface area contributed by atoms with E-state index < -0.39 is 0 Å². The van der Waals surface area contributed by atoms with Crippen molar-refractivity contribution < 1.29 is 0 Å². The molecule has 120 valence electrons. The molecule has 1 unspecified atom stereocenters. The summed E-state index contributed by atoms with van der Waals surface area (Å²) in [4.78, 5) is 7.00. The van der Waals surface area contributed by atoms with E-state index in [-0.39, 0.29) is 0 Å². The van der Waals surface area contributed by atoms with Gasteiger partial charge < -0.3 is 10.2 Å². The smallest absolute Gasteiger partial charge is 0.0426 e. The molecule has 1 aromatic rings. The van der Waals surface area contributed by atoms with Gasteiger partial charge in [-0.2, -0.15) is 0 Å². The van der Waals surface area contributed by atoms with Crippen molar-refractivity contribution >= 4 is 0 Å². The number of nitrogens with zero attached hydrogens (tertiary/aromatic N) is 2. The fraction of sp³-hybridized carbons (Fsp3) is 0.722. The summed E-state index contributed by atoms with van der Waals surface area (Å²) in [6.07, 6.45) is 2.47. The van der Waals surface area contributed by atoms with E-state index in [0.29, 0.717) is 12.1 Å². The van der Waals surface area contributed by atoms with Crippen LogP contribution >= 0.6 is 0 Å². The molecule has 0 aliphatic carbocycles. The Balaban J connectivity index is 2.40. The van der Waals surface area contributed by atoms with Crippen LogP contribution < -0.4 is 5.32 Å². The van der Waals surface area contributed by atoms with Gasteiger partial charge in [0.25, 0.3) is 0 Å². The Morgan fingerprint density at radius 3 is 2.38 bits per heavy atom. The van der Waals surface area contributed by atoms with Gasteiger partial charge in [0.2, 0.25) is 0 Å². The molecule has 1 heterocycles. The lowest BCUT2D eigenvalue weighted by atomic mass is 10.0. The predicted octanol–water partition coefficient (Wildman–Crippen LogP) is 3.78. The maximum Gasteiger partial charge on any atom is 0.0426 e. The van der Waals surface area contributed by atoms with Crippen molar-refractivity contribution in [1.29, 1.82) is 0 Å². The van der Waals surface area contributed by atoms with Crippen molar-refractivity contribution in [2.45, 2.75) is 66.5 Å². The zero-order chi connectivity index (χ0) is 16.0. The van der Waals surface area contributed by atoms with Crippen molar-refractivity contribution in [3.8, 4) is 0 Å². The average Bonchev–Trinajstić information content (AvgIpc) is 2.36. The summed E-state index contributed by atoms with van der Waals surface area (Å²) in [5.41, 5.74) is 4.98. The summed E-state index contributed by atoms with van der Waals surface area (Å²) in [6, 6.07) is 3.19. The van der Waals surface area contributed by atoms with E-state index in [2.05, 4.69) is 69.9 Å². The van der Waals surface area contributed by atoms with E-state index in [1.54, 1.807) is 0 Å². The minimum atomic E-state index is 0.376. The van der Waals surface area contributed by atoms with E-state index in [4.69, 9.17) is 0 Å². The summed E-state index contributed by atoms with van der Waals surface area (Å²) in [7, 11) is 2.20. The molecular weight excluding hydrogens is 258 g/mol.